The number of carbonyl (C=O) groups excluding carboxylic acids is 1. The number of nitrogens with one attached hydrogen (secondary N) is 1. The van der Waals surface area contributed by atoms with Crippen LogP contribution in [-0.4, -0.2) is 52.8 Å². The van der Waals surface area contributed by atoms with E-state index in [1.54, 1.807) is 25.3 Å². The highest BCUT2D eigenvalue weighted by Gasteiger charge is 2.47. The van der Waals surface area contributed by atoms with Crippen molar-refractivity contribution in [2.75, 3.05) is 7.11 Å². The molecule has 1 amide bonds. The molecule has 0 saturated carbocycles. The molecule has 35 heavy (non-hydrogen) atoms. The van der Waals surface area contributed by atoms with Crippen LogP contribution in [0.2, 0.25) is 5.02 Å². The van der Waals surface area contributed by atoms with Crippen LogP contribution in [0.3, 0.4) is 0 Å². The lowest BCUT2D eigenvalue weighted by atomic mass is 9.89. The standard InChI is InChI=1S/C27H28ClNO6/c1-34-20-10-7-16(8-11-20)13-19-14-18(9-12-21(19)28)25-23(31)22(30)24(32)26(35-25)27(33)29-15-17-5-3-2-4-6-17/h2-12,14,22-26,30-32H,13,15H2,1H3,(H,29,33)/t22-,23-,24+,25+,26+/m1/s1. The second-order valence-electron chi connectivity index (χ2n) is 8.53. The summed E-state index contributed by atoms with van der Waals surface area (Å²) in [7, 11) is 1.60. The lowest BCUT2D eigenvalue weighted by Gasteiger charge is -2.40. The topological polar surface area (TPSA) is 108 Å². The number of ether oxygens (including phenoxy) is 2. The van der Waals surface area contributed by atoms with Crippen molar-refractivity contribution >= 4 is 17.5 Å². The van der Waals surface area contributed by atoms with Gasteiger partial charge in [0.15, 0.2) is 6.10 Å². The van der Waals surface area contributed by atoms with Crippen molar-refractivity contribution in [3.05, 3.63) is 100 Å². The molecule has 184 valence electrons. The Bertz CT molecular complexity index is 1140. The summed E-state index contributed by atoms with van der Waals surface area (Å²) in [4.78, 5) is 12.8. The number of benzene rings is 3. The average Bonchev–Trinajstić information content (AvgIpc) is 2.88. The number of aliphatic hydroxyl groups is 3. The number of methoxy groups -OCH3 is 1. The molecule has 3 aromatic rings. The second-order valence-corrected chi connectivity index (χ2v) is 8.94. The van der Waals surface area contributed by atoms with Crippen LogP contribution >= 0.6 is 11.6 Å². The second kappa shape index (κ2) is 11.2. The van der Waals surface area contributed by atoms with Gasteiger partial charge in [0, 0.05) is 11.6 Å². The van der Waals surface area contributed by atoms with Gasteiger partial charge in [0.1, 0.15) is 30.2 Å². The maximum Gasteiger partial charge on any atom is 0.252 e. The van der Waals surface area contributed by atoms with Crippen LogP contribution in [0.5, 0.6) is 5.75 Å². The first-order valence-electron chi connectivity index (χ1n) is 11.3. The van der Waals surface area contributed by atoms with Crippen LogP contribution in [0.4, 0.5) is 0 Å². The summed E-state index contributed by atoms with van der Waals surface area (Å²) in [5.41, 5.74) is 3.21. The molecule has 0 aliphatic carbocycles. The summed E-state index contributed by atoms with van der Waals surface area (Å²) in [6.07, 6.45) is -6.45. The highest BCUT2D eigenvalue weighted by Crippen LogP contribution is 2.34. The molecule has 0 bridgehead atoms. The van der Waals surface area contributed by atoms with Crippen molar-refractivity contribution in [2.45, 2.75) is 43.5 Å². The minimum absolute atomic E-state index is 0.239. The fourth-order valence-corrected chi connectivity index (χ4v) is 4.31. The van der Waals surface area contributed by atoms with Crippen molar-refractivity contribution in [2.24, 2.45) is 0 Å². The van der Waals surface area contributed by atoms with Crippen molar-refractivity contribution in [3.63, 3.8) is 0 Å². The normalized spacial score (nSPS) is 24.1. The van der Waals surface area contributed by atoms with Gasteiger partial charge < -0.3 is 30.1 Å². The molecule has 0 unspecified atom stereocenters. The van der Waals surface area contributed by atoms with Crippen molar-refractivity contribution in [1.29, 1.82) is 0 Å². The fraction of sp³-hybridized carbons (Fsp3) is 0.296. The van der Waals surface area contributed by atoms with Gasteiger partial charge in [0.05, 0.1) is 7.11 Å². The van der Waals surface area contributed by atoms with Gasteiger partial charge in [-0.2, -0.15) is 0 Å². The van der Waals surface area contributed by atoms with Crippen LogP contribution in [0.15, 0.2) is 72.8 Å². The highest BCUT2D eigenvalue weighted by atomic mass is 35.5. The number of aliphatic hydroxyl groups excluding tert-OH is 3. The first-order valence-corrected chi connectivity index (χ1v) is 11.7. The van der Waals surface area contributed by atoms with E-state index in [1.807, 2.05) is 54.6 Å². The van der Waals surface area contributed by atoms with E-state index in [9.17, 15) is 20.1 Å². The molecular weight excluding hydrogens is 470 g/mol. The number of amides is 1. The third-order valence-electron chi connectivity index (χ3n) is 6.13. The molecule has 5 atom stereocenters. The molecule has 3 aromatic carbocycles. The summed E-state index contributed by atoms with van der Waals surface area (Å²) < 4.78 is 11.1. The average molecular weight is 498 g/mol. The van der Waals surface area contributed by atoms with E-state index in [0.717, 1.165) is 22.4 Å². The Kier molecular flexibility index (Phi) is 8.05. The zero-order chi connectivity index (χ0) is 24.9. The number of rotatable bonds is 7. The van der Waals surface area contributed by atoms with Crippen LogP contribution in [0, 0.1) is 0 Å². The van der Waals surface area contributed by atoms with Crippen LogP contribution < -0.4 is 10.1 Å². The van der Waals surface area contributed by atoms with E-state index in [4.69, 9.17) is 21.1 Å². The predicted octanol–water partition coefficient (Wildman–Crippen LogP) is 2.78. The minimum atomic E-state index is -1.58. The molecule has 1 saturated heterocycles. The molecule has 4 rings (SSSR count). The Morgan fingerprint density at radius 2 is 1.66 bits per heavy atom. The van der Waals surface area contributed by atoms with E-state index < -0.39 is 36.4 Å². The Morgan fingerprint density at radius 1 is 0.943 bits per heavy atom. The molecule has 8 heteroatoms. The van der Waals surface area contributed by atoms with Crippen molar-refractivity contribution in [3.8, 4) is 5.75 Å². The predicted molar refractivity (Wildman–Crippen MR) is 131 cm³/mol. The van der Waals surface area contributed by atoms with Gasteiger partial charge in [-0.3, -0.25) is 4.79 Å². The maximum absolute atomic E-state index is 12.8. The van der Waals surface area contributed by atoms with E-state index in [2.05, 4.69) is 5.32 Å². The molecule has 4 N–H and O–H groups in total. The third-order valence-corrected chi connectivity index (χ3v) is 6.50. The third kappa shape index (κ3) is 5.83. The zero-order valence-corrected chi connectivity index (χ0v) is 19.9. The smallest absolute Gasteiger partial charge is 0.252 e. The first-order chi connectivity index (χ1) is 16.9. The monoisotopic (exact) mass is 497 g/mol. The summed E-state index contributed by atoms with van der Waals surface area (Å²) in [6.45, 7) is 0.239. The van der Waals surface area contributed by atoms with E-state index in [1.165, 1.54) is 0 Å². The molecular formula is C27H28ClNO6. The molecule has 0 aromatic heterocycles. The van der Waals surface area contributed by atoms with Crippen LogP contribution in [0.25, 0.3) is 0 Å². The summed E-state index contributed by atoms with van der Waals surface area (Å²) in [6, 6.07) is 22.0. The lowest BCUT2D eigenvalue weighted by Crippen LogP contribution is -2.58. The molecule has 7 nitrogen and oxygen atoms in total. The molecule has 1 aliphatic heterocycles. The Labute approximate surface area is 208 Å². The van der Waals surface area contributed by atoms with Crippen LogP contribution in [-0.2, 0) is 22.5 Å². The van der Waals surface area contributed by atoms with Gasteiger partial charge in [-0.05, 0) is 46.9 Å². The molecule has 1 fully saturated rings. The maximum atomic E-state index is 12.8. The van der Waals surface area contributed by atoms with Crippen molar-refractivity contribution < 1.29 is 29.6 Å². The van der Waals surface area contributed by atoms with Gasteiger partial charge >= 0.3 is 0 Å². The SMILES string of the molecule is COc1ccc(Cc2cc([C@@H]3O[C@H](C(=O)NCc4ccccc4)[C@@H](O)[C@H](O)[C@H]3O)ccc2Cl)cc1. The Balaban J connectivity index is 1.52. The summed E-state index contributed by atoms with van der Waals surface area (Å²) >= 11 is 6.43. The van der Waals surface area contributed by atoms with E-state index >= 15 is 0 Å². The number of hydrogen-bond donors (Lipinski definition) is 4. The largest absolute Gasteiger partial charge is 0.497 e. The van der Waals surface area contributed by atoms with Gasteiger partial charge in [0.25, 0.3) is 5.91 Å². The lowest BCUT2D eigenvalue weighted by molar-refractivity contribution is -0.222. The number of halogens is 1. The van der Waals surface area contributed by atoms with Gasteiger partial charge in [-0.25, -0.2) is 0 Å². The molecule has 0 spiro atoms. The quantitative estimate of drug-likeness (QED) is 0.400. The summed E-state index contributed by atoms with van der Waals surface area (Å²) in [5.74, 6) is 0.168. The van der Waals surface area contributed by atoms with E-state index in [0.29, 0.717) is 17.0 Å². The number of hydrogen-bond acceptors (Lipinski definition) is 6. The number of carbonyl (C=O) groups is 1. The molecule has 1 aliphatic rings. The minimum Gasteiger partial charge on any atom is -0.497 e. The van der Waals surface area contributed by atoms with Gasteiger partial charge in [-0.1, -0.05) is 66.2 Å². The molecule has 1 heterocycles. The zero-order valence-electron chi connectivity index (χ0n) is 19.2. The summed E-state index contributed by atoms with van der Waals surface area (Å²) in [5, 5.41) is 34.9. The van der Waals surface area contributed by atoms with E-state index in [-0.39, 0.29) is 6.54 Å². The Morgan fingerprint density at radius 3 is 2.34 bits per heavy atom. The van der Waals surface area contributed by atoms with Gasteiger partial charge in [-0.15, -0.1) is 0 Å². The first kappa shape index (κ1) is 25.2. The Hall–Kier alpha value is -2.94. The molecule has 0 radical (unpaired) electrons. The van der Waals surface area contributed by atoms with Crippen LogP contribution in [0.1, 0.15) is 28.4 Å². The fourth-order valence-electron chi connectivity index (χ4n) is 4.13. The van der Waals surface area contributed by atoms with Gasteiger partial charge in [0.2, 0.25) is 0 Å². The highest BCUT2D eigenvalue weighted by molar-refractivity contribution is 6.31. The van der Waals surface area contributed by atoms with Crippen molar-refractivity contribution in [1.82, 2.24) is 5.32 Å².